The summed E-state index contributed by atoms with van der Waals surface area (Å²) in [5, 5.41) is 0. The lowest BCUT2D eigenvalue weighted by molar-refractivity contribution is -0.121. The van der Waals surface area contributed by atoms with E-state index in [0.717, 1.165) is 32.5 Å². The molecule has 138 valence electrons. The van der Waals surface area contributed by atoms with E-state index in [1.54, 1.807) is 7.11 Å². The molecule has 0 aromatic carbocycles. The number of rotatable bonds is 16. The van der Waals surface area contributed by atoms with Crippen LogP contribution in [0, 0.1) is 5.41 Å². The van der Waals surface area contributed by atoms with Crippen LogP contribution in [0.5, 0.6) is 0 Å². The van der Waals surface area contributed by atoms with Crippen LogP contribution in [0.4, 0.5) is 0 Å². The predicted octanol–water partition coefficient (Wildman–Crippen LogP) is 3.25. The third-order valence-electron chi connectivity index (χ3n) is 3.13. The van der Waals surface area contributed by atoms with Gasteiger partial charge in [-0.05, 0) is 24.7 Å². The smallest absolute Gasteiger partial charge is 0.135 e. The molecule has 0 atom stereocenters. The molecule has 0 unspecified atom stereocenters. The van der Waals surface area contributed by atoms with Crippen LogP contribution in [0.15, 0.2) is 0 Å². The highest BCUT2D eigenvalue weighted by Crippen LogP contribution is 2.19. The number of carbonyl (C=O) groups is 1. The maximum Gasteiger partial charge on any atom is 0.135 e. The van der Waals surface area contributed by atoms with Gasteiger partial charge in [0.25, 0.3) is 0 Å². The minimum atomic E-state index is 0.0595. The molecular formula is C18H36O5. The Labute approximate surface area is 142 Å². The predicted molar refractivity (Wildman–Crippen MR) is 91.9 cm³/mol. The summed E-state index contributed by atoms with van der Waals surface area (Å²) >= 11 is 0. The highest BCUT2D eigenvalue weighted by molar-refractivity contribution is 5.79. The number of carbonyl (C=O) groups excluding carboxylic acids is 1. The van der Waals surface area contributed by atoms with Crippen molar-refractivity contribution in [1.82, 2.24) is 0 Å². The van der Waals surface area contributed by atoms with Crippen LogP contribution < -0.4 is 0 Å². The van der Waals surface area contributed by atoms with Crippen LogP contribution >= 0.6 is 0 Å². The molecule has 0 bridgehead atoms. The van der Waals surface area contributed by atoms with Crippen molar-refractivity contribution in [3.8, 4) is 0 Å². The van der Waals surface area contributed by atoms with Gasteiger partial charge in [-0.3, -0.25) is 4.79 Å². The molecule has 0 aromatic rings. The average Bonchev–Trinajstić information content (AvgIpc) is 2.46. The zero-order valence-electron chi connectivity index (χ0n) is 15.5. The highest BCUT2D eigenvalue weighted by Gasteiger charge is 2.15. The number of hydrogen-bond donors (Lipinski definition) is 0. The molecule has 0 aliphatic heterocycles. The van der Waals surface area contributed by atoms with Gasteiger partial charge in [0.15, 0.2) is 0 Å². The Hall–Kier alpha value is -0.490. The van der Waals surface area contributed by atoms with E-state index < -0.39 is 0 Å². The number of ketones is 1. The Morgan fingerprint density at radius 2 is 1.26 bits per heavy atom. The molecule has 0 N–H and O–H groups in total. The lowest BCUT2D eigenvalue weighted by atomic mass is 9.89. The van der Waals surface area contributed by atoms with E-state index in [0.29, 0.717) is 45.9 Å². The number of Topliss-reactive ketones (excluding diaryl/α,β-unsaturated/α-hetero) is 1. The maximum atomic E-state index is 11.6. The van der Waals surface area contributed by atoms with E-state index in [1.165, 1.54) is 0 Å². The molecule has 0 aliphatic carbocycles. The molecule has 0 rings (SSSR count). The molecule has 0 fully saturated rings. The quantitative estimate of drug-likeness (QED) is 0.406. The number of hydrogen-bond acceptors (Lipinski definition) is 5. The molecule has 5 heteroatoms. The Kier molecular flexibility index (Phi) is 14.7. The molecule has 23 heavy (non-hydrogen) atoms. The summed E-state index contributed by atoms with van der Waals surface area (Å²) in [6, 6.07) is 0. The van der Waals surface area contributed by atoms with Gasteiger partial charge in [0.1, 0.15) is 5.78 Å². The maximum absolute atomic E-state index is 11.6. The zero-order valence-corrected chi connectivity index (χ0v) is 15.5. The standard InChI is InChI=1S/C18H36O5/c1-18(2,3)16-17(19)8-11-22-13-15-23-14-12-21-10-7-5-6-9-20-4/h5-16H2,1-4H3. The van der Waals surface area contributed by atoms with Gasteiger partial charge in [0.2, 0.25) is 0 Å². The van der Waals surface area contributed by atoms with Crippen molar-refractivity contribution in [3.63, 3.8) is 0 Å². The van der Waals surface area contributed by atoms with Crippen LogP contribution in [0.3, 0.4) is 0 Å². The van der Waals surface area contributed by atoms with E-state index in [9.17, 15) is 4.79 Å². The Morgan fingerprint density at radius 3 is 1.83 bits per heavy atom. The number of unbranched alkanes of at least 4 members (excludes halogenated alkanes) is 2. The fraction of sp³-hybridized carbons (Fsp3) is 0.944. The molecule has 0 saturated heterocycles. The van der Waals surface area contributed by atoms with Crippen molar-refractivity contribution in [2.75, 3.05) is 53.4 Å². The van der Waals surface area contributed by atoms with E-state index in [2.05, 4.69) is 20.8 Å². The van der Waals surface area contributed by atoms with Crippen molar-refractivity contribution in [2.45, 2.75) is 52.9 Å². The first-order valence-electron chi connectivity index (χ1n) is 8.69. The van der Waals surface area contributed by atoms with Gasteiger partial charge in [-0.15, -0.1) is 0 Å². The van der Waals surface area contributed by atoms with E-state index in [4.69, 9.17) is 18.9 Å². The highest BCUT2D eigenvalue weighted by atomic mass is 16.5. The molecule has 5 nitrogen and oxygen atoms in total. The molecule has 0 amide bonds. The third-order valence-corrected chi connectivity index (χ3v) is 3.13. The summed E-state index contributed by atoms with van der Waals surface area (Å²) in [5.41, 5.74) is 0.0595. The van der Waals surface area contributed by atoms with Gasteiger partial charge < -0.3 is 18.9 Å². The summed E-state index contributed by atoms with van der Waals surface area (Å²) < 4.78 is 21.3. The summed E-state index contributed by atoms with van der Waals surface area (Å²) in [4.78, 5) is 11.6. The van der Waals surface area contributed by atoms with Crippen molar-refractivity contribution in [1.29, 1.82) is 0 Å². The summed E-state index contributed by atoms with van der Waals surface area (Å²) in [5.74, 6) is 0.261. The molecule has 0 heterocycles. The van der Waals surface area contributed by atoms with Crippen molar-refractivity contribution in [3.05, 3.63) is 0 Å². The average molecular weight is 332 g/mol. The monoisotopic (exact) mass is 332 g/mol. The number of ether oxygens (including phenoxy) is 4. The van der Waals surface area contributed by atoms with Gasteiger partial charge >= 0.3 is 0 Å². The number of methoxy groups -OCH3 is 1. The van der Waals surface area contributed by atoms with E-state index >= 15 is 0 Å². The van der Waals surface area contributed by atoms with E-state index in [-0.39, 0.29) is 11.2 Å². The van der Waals surface area contributed by atoms with Crippen molar-refractivity contribution in [2.24, 2.45) is 5.41 Å². The molecule has 0 aromatic heterocycles. The van der Waals surface area contributed by atoms with Gasteiger partial charge in [0, 0.05) is 33.2 Å². The van der Waals surface area contributed by atoms with Gasteiger partial charge in [0.05, 0.1) is 33.0 Å². The lowest BCUT2D eigenvalue weighted by Crippen LogP contribution is -2.15. The first-order chi connectivity index (χ1) is 11.0. The van der Waals surface area contributed by atoms with Crippen LogP contribution in [0.2, 0.25) is 0 Å². The summed E-state index contributed by atoms with van der Waals surface area (Å²) in [6.45, 7) is 10.6. The summed E-state index contributed by atoms with van der Waals surface area (Å²) in [6.07, 6.45) is 4.39. The van der Waals surface area contributed by atoms with Gasteiger partial charge in [-0.1, -0.05) is 20.8 Å². The second-order valence-electron chi connectivity index (χ2n) is 6.92. The van der Waals surface area contributed by atoms with Crippen LogP contribution in [-0.4, -0.2) is 59.1 Å². The summed E-state index contributed by atoms with van der Waals surface area (Å²) in [7, 11) is 1.72. The second kappa shape index (κ2) is 15.1. The van der Waals surface area contributed by atoms with Crippen LogP contribution in [0.25, 0.3) is 0 Å². The molecular weight excluding hydrogens is 296 g/mol. The molecule has 0 spiro atoms. The molecule has 0 radical (unpaired) electrons. The van der Waals surface area contributed by atoms with Gasteiger partial charge in [-0.25, -0.2) is 0 Å². The SMILES string of the molecule is COCCCCCOCCOCCOCCC(=O)CC(C)(C)C. The fourth-order valence-electron chi connectivity index (χ4n) is 2.04. The van der Waals surface area contributed by atoms with Crippen LogP contribution in [-0.2, 0) is 23.7 Å². The van der Waals surface area contributed by atoms with Crippen molar-refractivity contribution >= 4 is 5.78 Å². The second-order valence-corrected chi connectivity index (χ2v) is 6.92. The first kappa shape index (κ1) is 22.5. The Morgan fingerprint density at radius 1 is 0.739 bits per heavy atom. The third kappa shape index (κ3) is 19.5. The first-order valence-corrected chi connectivity index (χ1v) is 8.69. The normalized spacial score (nSPS) is 11.8. The van der Waals surface area contributed by atoms with Crippen molar-refractivity contribution < 1.29 is 23.7 Å². The topological polar surface area (TPSA) is 54.0 Å². The fourth-order valence-corrected chi connectivity index (χ4v) is 2.04. The Balaban J connectivity index is 3.15. The molecule has 0 aliphatic rings. The van der Waals surface area contributed by atoms with Gasteiger partial charge in [-0.2, -0.15) is 0 Å². The Bertz CT molecular complexity index is 273. The van der Waals surface area contributed by atoms with Crippen LogP contribution in [0.1, 0.15) is 52.9 Å². The largest absolute Gasteiger partial charge is 0.385 e. The minimum absolute atomic E-state index is 0.0595. The molecule has 0 saturated carbocycles. The lowest BCUT2D eigenvalue weighted by Gasteiger charge is -2.16. The minimum Gasteiger partial charge on any atom is -0.385 e. The van der Waals surface area contributed by atoms with E-state index in [1.807, 2.05) is 0 Å². The zero-order chi connectivity index (χ0) is 17.4.